The summed E-state index contributed by atoms with van der Waals surface area (Å²) in [7, 11) is 0. The molecule has 0 saturated carbocycles. The van der Waals surface area contributed by atoms with Crippen molar-refractivity contribution in [2.75, 3.05) is 31.1 Å². The molecule has 0 radical (unpaired) electrons. The third-order valence-electron chi connectivity index (χ3n) is 4.95. The number of hydrogen-bond acceptors (Lipinski definition) is 6. The first-order valence-electron chi connectivity index (χ1n) is 8.63. The number of piperazine rings is 1. The second kappa shape index (κ2) is 7.05. The molecule has 1 unspecified atom stereocenters. The SMILES string of the molecule is CC(c1ccc2scnc2c1)N1CCN(c2ncc(C(F)(F)F)cn2)CC1. The maximum atomic E-state index is 12.6. The van der Waals surface area contributed by atoms with Gasteiger partial charge in [-0.15, -0.1) is 11.3 Å². The molecule has 142 valence electrons. The average Bonchev–Trinajstić information content (AvgIpc) is 3.15. The van der Waals surface area contributed by atoms with E-state index in [4.69, 9.17) is 0 Å². The number of hydrogen-bond donors (Lipinski definition) is 0. The van der Waals surface area contributed by atoms with Gasteiger partial charge in [0.15, 0.2) is 0 Å². The number of halogens is 3. The van der Waals surface area contributed by atoms with Gasteiger partial charge in [0, 0.05) is 44.6 Å². The number of thiazole rings is 1. The summed E-state index contributed by atoms with van der Waals surface area (Å²) in [6.07, 6.45) is -2.72. The number of rotatable bonds is 3. The highest BCUT2D eigenvalue weighted by Gasteiger charge is 2.32. The zero-order valence-electron chi connectivity index (χ0n) is 14.6. The van der Waals surface area contributed by atoms with Crippen LogP contribution in [0.5, 0.6) is 0 Å². The van der Waals surface area contributed by atoms with Crippen molar-refractivity contribution in [3.05, 3.63) is 47.2 Å². The smallest absolute Gasteiger partial charge is 0.338 e. The van der Waals surface area contributed by atoms with Crippen LogP contribution in [0.1, 0.15) is 24.1 Å². The summed E-state index contributed by atoms with van der Waals surface area (Å²) in [5, 5.41) is 0. The van der Waals surface area contributed by atoms with E-state index in [0.29, 0.717) is 19.0 Å². The first-order valence-corrected chi connectivity index (χ1v) is 9.51. The minimum atomic E-state index is -4.41. The highest BCUT2D eigenvalue weighted by molar-refractivity contribution is 7.16. The van der Waals surface area contributed by atoms with Gasteiger partial charge in [0.05, 0.1) is 21.3 Å². The highest BCUT2D eigenvalue weighted by Crippen LogP contribution is 2.29. The van der Waals surface area contributed by atoms with Crippen LogP contribution < -0.4 is 4.90 Å². The van der Waals surface area contributed by atoms with Crippen molar-refractivity contribution < 1.29 is 13.2 Å². The lowest BCUT2D eigenvalue weighted by atomic mass is 10.1. The van der Waals surface area contributed by atoms with Crippen molar-refractivity contribution in [2.24, 2.45) is 0 Å². The molecule has 27 heavy (non-hydrogen) atoms. The summed E-state index contributed by atoms with van der Waals surface area (Å²) < 4.78 is 39.1. The van der Waals surface area contributed by atoms with Crippen molar-refractivity contribution >= 4 is 27.5 Å². The lowest BCUT2D eigenvalue weighted by molar-refractivity contribution is -0.138. The number of fused-ring (bicyclic) bond motifs is 1. The van der Waals surface area contributed by atoms with E-state index in [1.807, 2.05) is 10.4 Å². The van der Waals surface area contributed by atoms with E-state index in [2.05, 4.69) is 45.0 Å². The van der Waals surface area contributed by atoms with Crippen LogP contribution in [0.15, 0.2) is 36.1 Å². The van der Waals surface area contributed by atoms with Gasteiger partial charge < -0.3 is 4.90 Å². The molecule has 1 aliphatic rings. The lowest BCUT2D eigenvalue weighted by Gasteiger charge is -2.38. The van der Waals surface area contributed by atoms with E-state index >= 15 is 0 Å². The molecule has 0 N–H and O–H groups in total. The number of alkyl halides is 3. The van der Waals surface area contributed by atoms with Crippen molar-refractivity contribution in [3.8, 4) is 0 Å². The summed E-state index contributed by atoms with van der Waals surface area (Å²) in [6, 6.07) is 6.61. The summed E-state index contributed by atoms with van der Waals surface area (Å²) in [6.45, 7) is 5.10. The number of nitrogens with zero attached hydrogens (tertiary/aromatic N) is 5. The number of anilines is 1. The Kier molecular flexibility index (Phi) is 4.73. The third kappa shape index (κ3) is 3.74. The first-order chi connectivity index (χ1) is 12.9. The topological polar surface area (TPSA) is 45.2 Å². The summed E-state index contributed by atoms with van der Waals surface area (Å²) >= 11 is 1.63. The van der Waals surface area contributed by atoms with Gasteiger partial charge >= 0.3 is 6.18 Å². The van der Waals surface area contributed by atoms with Gasteiger partial charge in [-0.3, -0.25) is 4.90 Å². The molecule has 5 nitrogen and oxygen atoms in total. The molecule has 0 spiro atoms. The Bertz CT molecular complexity index is 917. The van der Waals surface area contributed by atoms with E-state index in [-0.39, 0.29) is 6.04 Å². The Morgan fingerprint density at radius 2 is 1.74 bits per heavy atom. The second-order valence-corrected chi connectivity index (χ2v) is 7.43. The van der Waals surface area contributed by atoms with Gasteiger partial charge in [0.25, 0.3) is 0 Å². The number of benzene rings is 1. The minimum absolute atomic E-state index is 0.242. The molecule has 2 aromatic heterocycles. The Balaban J connectivity index is 1.40. The monoisotopic (exact) mass is 393 g/mol. The fourth-order valence-electron chi connectivity index (χ4n) is 3.29. The molecule has 1 atom stereocenters. The maximum Gasteiger partial charge on any atom is 0.419 e. The normalized spacial score (nSPS) is 17.4. The largest absolute Gasteiger partial charge is 0.419 e. The van der Waals surface area contributed by atoms with Crippen molar-refractivity contribution in [1.29, 1.82) is 0 Å². The molecule has 0 amide bonds. The van der Waals surface area contributed by atoms with E-state index < -0.39 is 11.7 Å². The average molecular weight is 393 g/mol. The second-order valence-electron chi connectivity index (χ2n) is 6.55. The predicted octanol–water partition coefficient (Wildman–Crippen LogP) is 3.99. The molecule has 9 heteroatoms. The third-order valence-corrected chi connectivity index (χ3v) is 5.76. The molecule has 0 aliphatic carbocycles. The summed E-state index contributed by atoms with van der Waals surface area (Å²) in [5.41, 5.74) is 3.26. The van der Waals surface area contributed by atoms with Crippen LogP contribution in [-0.2, 0) is 6.18 Å². The standard InChI is InChI=1S/C18H18F3N5S/c1-12(13-2-3-16-15(8-13)24-11-27-16)25-4-6-26(7-5-25)17-22-9-14(10-23-17)18(19,20)21/h2-3,8-12H,4-7H2,1H3. The molecule has 1 fully saturated rings. The molecule has 1 saturated heterocycles. The van der Waals surface area contributed by atoms with Gasteiger partial charge in [-0.2, -0.15) is 13.2 Å². The molecule has 3 aromatic rings. The Morgan fingerprint density at radius 3 is 2.41 bits per heavy atom. The Labute approximate surface area is 158 Å². The van der Waals surface area contributed by atoms with Crippen molar-refractivity contribution in [2.45, 2.75) is 19.1 Å². The van der Waals surface area contributed by atoms with Crippen LogP contribution in [0.3, 0.4) is 0 Å². The van der Waals surface area contributed by atoms with E-state index in [9.17, 15) is 13.2 Å². The minimum Gasteiger partial charge on any atom is -0.338 e. The quantitative estimate of drug-likeness (QED) is 0.673. The highest BCUT2D eigenvalue weighted by atomic mass is 32.1. The van der Waals surface area contributed by atoms with Crippen LogP contribution >= 0.6 is 11.3 Å². The van der Waals surface area contributed by atoms with Crippen LogP contribution in [0.4, 0.5) is 19.1 Å². The molecule has 1 aromatic carbocycles. The molecule has 4 rings (SSSR count). The van der Waals surface area contributed by atoms with Gasteiger partial charge in [0.2, 0.25) is 5.95 Å². The van der Waals surface area contributed by atoms with Crippen LogP contribution in [0.25, 0.3) is 10.2 Å². The zero-order chi connectivity index (χ0) is 19.0. The fraction of sp³-hybridized carbons (Fsp3) is 0.389. The van der Waals surface area contributed by atoms with Gasteiger partial charge in [0.1, 0.15) is 0 Å². The van der Waals surface area contributed by atoms with Crippen LogP contribution in [0, 0.1) is 0 Å². The van der Waals surface area contributed by atoms with Gasteiger partial charge in [-0.05, 0) is 24.6 Å². The van der Waals surface area contributed by atoms with Gasteiger partial charge in [-0.1, -0.05) is 6.07 Å². The van der Waals surface area contributed by atoms with Crippen molar-refractivity contribution in [3.63, 3.8) is 0 Å². The molecule has 1 aliphatic heterocycles. The van der Waals surface area contributed by atoms with Gasteiger partial charge in [-0.25, -0.2) is 15.0 Å². The summed E-state index contributed by atoms with van der Waals surface area (Å²) in [4.78, 5) is 16.4. The first kappa shape index (κ1) is 18.1. The Morgan fingerprint density at radius 1 is 1.04 bits per heavy atom. The fourth-order valence-corrected chi connectivity index (χ4v) is 3.94. The van der Waals surface area contributed by atoms with Crippen molar-refractivity contribution in [1.82, 2.24) is 19.9 Å². The molecular formula is C18H18F3N5S. The van der Waals surface area contributed by atoms with E-state index in [0.717, 1.165) is 31.0 Å². The van der Waals surface area contributed by atoms with Crippen LogP contribution in [-0.4, -0.2) is 46.0 Å². The molecule has 0 bridgehead atoms. The van der Waals surface area contributed by atoms with E-state index in [1.165, 1.54) is 10.3 Å². The van der Waals surface area contributed by atoms with Crippen LogP contribution in [0.2, 0.25) is 0 Å². The predicted molar refractivity (Wildman–Crippen MR) is 98.9 cm³/mol. The maximum absolute atomic E-state index is 12.6. The zero-order valence-corrected chi connectivity index (χ0v) is 15.5. The number of aromatic nitrogens is 3. The lowest BCUT2D eigenvalue weighted by Crippen LogP contribution is -2.47. The molecule has 3 heterocycles. The van der Waals surface area contributed by atoms with E-state index in [1.54, 1.807) is 11.3 Å². The Hall–Kier alpha value is -2.26. The molecular weight excluding hydrogens is 375 g/mol. The summed E-state index contributed by atoms with van der Waals surface area (Å²) in [5.74, 6) is 0.346.